The third-order valence-corrected chi connectivity index (χ3v) is 3.78. The summed E-state index contributed by atoms with van der Waals surface area (Å²) < 4.78 is 5.08. The highest BCUT2D eigenvalue weighted by Gasteiger charge is 2.54. The molecule has 2 saturated heterocycles. The van der Waals surface area contributed by atoms with Crippen LogP contribution < -0.4 is 0 Å². The molecule has 0 amide bonds. The predicted octanol–water partition coefficient (Wildman–Crippen LogP) is -2.66. The summed E-state index contributed by atoms with van der Waals surface area (Å²) in [5.74, 6) is -3.06. The second-order valence-electron chi connectivity index (χ2n) is 5.09. The summed E-state index contributed by atoms with van der Waals surface area (Å²) in [6.07, 6.45) is -2.92. The van der Waals surface area contributed by atoms with E-state index < -0.39 is 42.7 Å². The molecule has 19 heavy (non-hydrogen) atoms. The quantitative estimate of drug-likeness (QED) is 0.376. The fourth-order valence-electron chi connectivity index (χ4n) is 2.73. The number of carboxylic acids is 1. The molecule has 2 fully saturated rings. The van der Waals surface area contributed by atoms with Crippen LogP contribution in [-0.2, 0) is 9.53 Å². The minimum Gasteiger partial charge on any atom is -0.480 e. The van der Waals surface area contributed by atoms with Gasteiger partial charge in [-0.3, -0.25) is 9.69 Å². The average Bonchev–Trinajstić information content (AvgIpc) is 2.89. The van der Waals surface area contributed by atoms with Crippen molar-refractivity contribution in [3.05, 3.63) is 0 Å². The Kier molecular flexibility index (Phi) is 4.09. The van der Waals surface area contributed by atoms with E-state index in [0.29, 0.717) is 19.4 Å². The first-order valence-corrected chi connectivity index (χ1v) is 6.23. The summed E-state index contributed by atoms with van der Waals surface area (Å²) in [5.41, 5.74) is 0. The van der Waals surface area contributed by atoms with Gasteiger partial charge in [-0.2, -0.15) is 0 Å². The maximum atomic E-state index is 11.0. The van der Waals surface area contributed by atoms with Crippen molar-refractivity contribution in [3.8, 4) is 0 Å². The SMILES string of the molecule is O=C(O)C1CCCN1CC1(O)OC(CO)C(O)C1O. The van der Waals surface area contributed by atoms with Crippen molar-refractivity contribution in [2.24, 2.45) is 0 Å². The number of carbonyl (C=O) groups is 1. The van der Waals surface area contributed by atoms with Crippen LogP contribution in [0.4, 0.5) is 0 Å². The second kappa shape index (κ2) is 5.31. The van der Waals surface area contributed by atoms with Gasteiger partial charge < -0.3 is 30.3 Å². The second-order valence-corrected chi connectivity index (χ2v) is 5.09. The maximum Gasteiger partial charge on any atom is 0.320 e. The van der Waals surface area contributed by atoms with Gasteiger partial charge >= 0.3 is 5.97 Å². The van der Waals surface area contributed by atoms with Crippen molar-refractivity contribution in [1.29, 1.82) is 0 Å². The molecule has 0 radical (unpaired) electrons. The molecular weight excluding hydrogens is 258 g/mol. The van der Waals surface area contributed by atoms with Crippen molar-refractivity contribution in [2.45, 2.75) is 43.0 Å². The molecule has 0 spiro atoms. The van der Waals surface area contributed by atoms with Gasteiger partial charge in [0.2, 0.25) is 5.79 Å². The molecule has 2 heterocycles. The predicted molar refractivity (Wildman–Crippen MR) is 61.2 cm³/mol. The lowest BCUT2D eigenvalue weighted by molar-refractivity contribution is -0.239. The Morgan fingerprint density at radius 2 is 2.11 bits per heavy atom. The van der Waals surface area contributed by atoms with Crippen LogP contribution in [-0.4, -0.2) is 86.2 Å². The van der Waals surface area contributed by atoms with Gasteiger partial charge in [0.05, 0.1) is 13.2 Å². The molecule has 0 aromatic carbocycles. The Balaban J connectivity index is 2.07. The Hall–Kier alpha value is -0.770. The summed E-state index contributed by atoms with van der Waals surface area (Å²) >= 11 is 0. The number of hydrogen-bond donors (Lipinski definition) is 5. The Labute approximate surface area is 109 Å². The molecule has 8 heteroatoms. The molecule has 5 unspecified atom stereocenters. The van der Waals surface area contributed by atoms with Crippen molar-refractivity contribution >= 4 is 5.97 Å². The van der Waals surface area contributed by atoms with Crippen molar-refractivity contribution in [1.82, 2.24) is 4.90 Å². The number of carboxylic acid groups (broad SMARTS) is 1. The number of ether oxygens (including phenoxy) is 1. The molecule has 2 aliphatic heterocycles. The van der Waals surface area contributed by atoms with Gasteiger partial charge in [0.1, 0.15) is 24.4 Å². The minimum absolute atomic E-state index is 0.224. The van der Waals surface area contributed by atoms with E-state index in [9.17, 15) is 20.1 Å². The van der Waals surface area contributed by atoms with E-state index in [2.05, 4.69) is 0 Å². The van der Waals surface area contributed by atoms with E-state index in [-0.39, 0.29) is 6.54 Å². The highest BCUT2D eigenvalue weighted by Crippen LogP contribution is 2.32. The number of aliphatic carboxylic acids is 1. The molecule has 0 saturated carbocycles. The standard InChI is InChI=1S/C11H19NO7/c13-4-7-8(14)9(15)11(18,19-7)5-12-3-1-2-6(12)10(16)17/h6-9,13-15,18H,1-5H2,(H,16,17). The molecule has 0 aromatic heterocycles. The molecular formula is C11H19NO7. The maximum absolute atomic E-state index is 11.0. The van der Waals surface area contributed by atoms with Crippen molar-refractivity contribution < 1.29 is 35.1 Å². The van der Waals surface area contributed by atoms with Gasteiger partial charge in [-0.15, -0.1) is 0 Å². The molecule has 2 aliphatic rings. The summed E-state index contributed by atoms with van der Waals surface area (Å²) in [6, 6.07) is -0.731. The number of nitrogens with zero attached hydrogens (tertiary/aromatic N) is 1. The largest absolute Gasteiger partial charge is 0.480 e. The van der Waals surface area contributed by atoms with E-state index in [0.717, 1.165) is 0 Å². The van der Waals surface area contributed by atoms with Crippen LogP contribution in [0, 0.1) is 0 Å². The molecule has 5 N–H and O–H groups in total. The van der Waals surface area contributed by atoms with Crippen LogP contribution in [0.2, 0.25) is 0 Å². The van der Waals surface area contributed by atoms with Crippen LogP contribution in [0.3, 0.4) is 0 Å². The lowest BCUT2D eigenvalue weighted by Crippen LogP contribution is -2.53. The first-order valence-electron chi connectivity index (χ1n) is 6.23. The average molecular weight is 277 g/mol. The number of hydrogen-bond acceptors (Lipinski definition) is 7. The molecule has 0 bridgehead atoms. The Morgan fingerprint density at radius 1 is 1.42 bits per heavy atom. The lowest BCUT2D eigenvalue weighted by Gasteiger charge is -2.32. The summed E-state index contributed by atoms with van der Waals surface area (Å²) in [6.45, 7) is -0.295. The summed E-state index contributed by atoms with van der Waals surface area (Å²) in [4.78, 5) is 12.5. The van der Waals surface area contributed by atoms with Gasteiger partial charge in [0.15, 0.2) is 0 Å². The van der Waals surface area contributed by atoms with Gasteiger partial charge in [-0.1, -0.05) is 0 Å². The number of aliphatic hydroxyl groups is 4. The highest BCUT2D eigenvalue weighted by molar-refractivity contribution is 5.73. The third kappa shape index (κ3) is 2.60. The monoisotopic (exact) mass is 277 g/mol. The van der Waals surface area contributed by atoms with Gasteiger partial charge in [0.25, 0.3) is 0 Å². The first kappa shape index (κ1) is 14.6. The Bertz CT molecular complexity index is 352. The van der Waals surface area contributed by atoms with Crippen LogP contribution >= 0.6 is 0 Å². The number of aliphatic hydroxyl groups excluding tert-OH is 3. The minimum atomic E-state index is -2.06. The van der Waals surface area contributed by atoms with Crippen LogP contribution in [0.25, 0.3) is 0 Å². The van der Waals surface area contributed by atoms with E-state index in [4.69, 9.17) is 14.9 Å². The number of β-amino-alcohol motifs (C(OH)–C–C–N with tert-alkyl or cyclic N) is 1. The van der Waals surface area contributed by atoms with Crippen LogP contribution in [0.5, 0.6) is 0 Å². The highest BCUT2D eigenvalue weighted by atomic mass is 16.7. The molecule has 2 rings (SSSR count). The Morgan fingerprint density at radius 3 is 2.63 bits per heavy atom. The molecule has 8 nitrogen and oxygen atoms in total. The third-order valence-electron chi connectivity index (χ3n) is 3.78. The zero-order valence-corrected chi connectivity index (χ0v) is 10.3. The number of likely N-dealkylation sites (tertiary alicyclic amines) is 1. The molecule has 110 valence electrons. The van der Waals surface area contributed by atoms with E-state index in [1.807, 2.05) is 0 Å². The summed E-state index contributed by atoms with van der Waals surface area (Å²) in [7, 11) is 0. The van der Waals surface area contributed by atoms with Crippen molar-refractivity contribution in [3.63, 3.8) is 0 Å². The van der Waals surface area contributed by atoms with Crippen LogP contribution in [0.1, 0.15) is 12.8 Å². The fraction of sp³-hybridized carbons (Fsp3) is 0.909. The normalized spacial score (nSPS) is 43.8. The topological polar surface area (TPSA) is 131 Å². The van der Waals surface area contributed by atoms with E-state index in [1.165, 1.54) is 4.90 Å². The fourth-order valence-corrected chi connectivity index (χ4v) is 2.73. The zero-order chi connectivity index (χ0) is 14.2. The van der Waals surface area contributed by atoms with E-state index in [1.54, 1.807) is 0 Å². The van der Waals surface area contributed by atoms with Gasteiger partial charge in [-0.05, 0) is 19.4 Å². The first-order chi connectivity index (χ1) is 8.89. The molecule has 5 atom stereocenters. The number of rotatable bonds is 4. The lowest BCUT2D eigenvalue weighted by atomic mass is 10.0. The van der Waals surface area contributed by atoms with Crippen molar-refractivity contribution in [2.75, 3.05) is 19.7 Å². The smallest absolute Gasteiger partial charge is 0.320 e. The van der Waals surface area contributed by atoms with Crippen LogP contribution in [0.15, 0.2) is 0 Å². The van der Waals surface area contributed by atoms with Gasteiger partial charge in [0, 0.05) is 0 Å². The summed E-state index contributed by atoms with van der Waals surface area (Å²) in [5, 5.41) is 47.6. The van der Waals surface area contributed by atoms with Gasteiger partial charge in [-0.25, -0.2) is 0 Å². The van der Waals surface area contributed by atoms with E-state index >= 15 is 0 Å². The molecule has 0 aliphatic carbocycles. The zero-order valence-electron chi connectivity index (χ0n) is 10.3. The molecule has 0 aromatic rings.